The summed E-state index contributed by atoms with van der Waals surface area (Å²) in [6.07, 6.45) is 1.44. The number of aryl methyl sites for hydroxylation is 2. The van der Waals surface area contributed by atoms with E-state index >= 15 is 0 Å². The van der Waals surface area contributed by atoms with Gasteiger partial charge in [-0.25, -0.2) is 0 Å². The normalized spacial score (nSPS) is 11.6. The molecule has 0 bridgehead atoms. The summed E-state index contributed by atoms with van der Waals surface area (Å²) in [5.41, 5.74) is 2.09. The average Bonchev–Trinajstić information content (AvgIpc) is 2.63. The highest BCUT2D eigenvalue weighted by atomic mass is 16.1. The maximum Gasteiger partial charge on any atom is 0.221 e. The van der Waals surface area contributed by atoms with Crippen molar-refractivity contribution >= 4 is 5.91 Å². The van der Waals surface area contributed by atoms with Gasteiger partial charge in [0, 0.05) is 32.1 Å². The van der Waals surface area contributed by atoms with Crippen molar-refractivity contribution in [3.05, 3.63) is 17.5 Å². The molecule has 5 heteroatoms. The van der Waals surface area contributed by atoms with E-state index in [9.17, 15) is 4.79 Å². The Morgan fingerprint density at radius 1 is 1.42 bits per heavy atom. The van der Waals surface area contributed by atoms with E-state index in [-0.39, 0.29) is 11.4 Å². The molecule has 0 unspecified atom stereocenters. The highest BCUT2D eigenvalue weighted by molar-refractivity contribution is 5.76. The zero-order valence-electron chi connectivity index (χ0n) is 12.7. The van der Waals surface area contributed by atoms with Crippen molar-refractivity contribution in [3.8, 4) is 0 Å². The minimum atomic E-state index is -0.158. The van der Waals surface area contributed by atoms with Crippen molar-refractivity contribution in [3.63, 3.8) is 0 Å². The molecule has 19 heavy (non-hydrogen) atoms. The van der Waals surface area contributed by atoms with E-state index in [0.717, 1.165) is 24.4 Å². The first kappa shape index (κ1) is 15.7. The molecule has 5 nitrogen and oxygen atoms in total. The molecular weight excluding hydrogens is 240 g/mol. The monoisotopic (exact) mass is 266 g/mol. The predicted molar refractivity (Wildman–Crippen MR) is 76.8 cm³/mol. The molecule has 1 amide bonds. The van der Waals surface area contributed by atoms with Crippen LogP contribution in [0.3, 0.4) is 0 Å². The molecule has 1 heterocycles. The number of nitrogens with zero attached hydrogens (tertiary/aromatic N) is 2. The van der Waals surface area contributed by atoms with Crippen LogP contribution in [-0.4, -0.2) is 27.8 Å². The van der Waals surface area contributed by atoms with E-state index in [1.54, 1.807) is 0 Å². The fraction of sp³-hybridized carbons (Fsp3) is 0.714. The molecular formula is C14H26N4O. The maximum absolute atomic E-state index is 11.6. The van der Waals surface area contributed by atoms with Gasteiger partial charge < -0.3 is 10.6 Å². The molecule has 0 aliphatic carbocycles. The van der Waals surface area contributed by atoms with Crippen LogP contribution in [0.15, 0.2) is 6.07 Å². The van der Waals surface area contributed by atoms with E-state index in [2.05, 4.69) is 28.7 Å². The van der Waals surface area contributed by atoms with Gasteiger partial charge in [0.05, 0.1) is 11.4 Å². The van der Waals surface area contributed by atoms with E-state index in [0.29, 0.717) is 13.0 Å². The first-order valence-corrected chi connectivity index (χ1v) is 6.85. The lowest BCUT2D eigenvalue weighted by atomic mass is 10.1. The van der Waals surface area contributed by atoms with Gasteiger partial charge in [-0.15, -0.1) is 0 Å². The van der Waals surface area contributed by atoms with Crippen LogP contribution in [0.2, 0.25) is 0 Å². The molecule has 0 saturated heterocycles. The van der Waals surface area contributed by atoms with Crippen LogP contribution in [0.25, 0.3) is 0 Å². The van der Waals surface area contributed by atoms with Crippen molar-refractivity contribution < 1.29 is 4.79 Å². The van der Waals surface area contributed by atoms with Gasteiger partial charge in [-0.1, -0.05) is 6.92 Å². The second kappa shape index (κ2) is 6.70. The standard InChI is InChI=1S/C14H26N4O/c1-6-11-9-12(18(5)17-11)10-15-8-7-13(19)16-14(2,3)4/h9,15H,6-8,10H2,1-5H3,(H,16,19). The van der Waals surface area contributed by atoms with Gasteiger partial charge in [0.1, 0.15) is 0 Å². The molecule has 1 aromatic heterocycles. The molecule has 0 atom stereocenters. The Hall–Kier alpha value is -1.36. The fourth-order valence-electron chi connectivity index (χ4n) is 1.81. The molecule has 1 aromatic rings. The highest BCUT2D eigenvalue weighted by Gasteiger charge is 2.13. The second-order valence-corrected chi connectivity index (χ2v) is 5.83. The summed E-state index contributed by atoms with van der Waals surface area (Å²) < 4.78 is 1.89. The van der Waals surface area contributed by atoms with E-state index in [1.807, 2.05) is 32.5 Å². The van der Waals surface area contributed by atoms with Crippen LogP contribution < -0.4 is 10.6 Å². The van der Waals surface area contributed by atoms with Gasteiger partial charge in [0.2, 0.25) is 5.91 Å². The Labute approximate surface area is 115 Å². The lowest BCUT2D eigenvalue weighted by Gasteiger charge is -2.20. The predicted octanol–water partition coefficient (Wildman–Crippen LogP) is 1.38. The quantitative estimate of drug-likeness (QED) is 0.765. The van der Waals surface area contributed by atoms with E-state index in [4.69, 9.17) is 0 Å². The first-order chi connectivity index (χ1) is 8.81. The number of carbonyl (C=O) groups excluding carboxylic acids is 1. The smallest absolute Gasteiger partial charge is 0.221 e. The summed E-state index contributed by atoms with van der Waals surface area (Å²) in [4.78, 5) is 11.6. The molecule has 0 spiro atoms. The lowest BCUT2D eigenvalue weighted by molar-refractivity contribution is -0.122. The van der Waals surface area contributed by atoms with Crippen LogP contribution in [0, 0.1) is 0 Å². The van der Waals surface area contributed by atoms with E-state index < -0.39 is 0 Å². The Kier molecular flexibility index (Phi) is 5.54. The third-order valence-corrected chi connectivity index (χ3v) is 2.74. The number of carbonyl (C=O) groups is 1. The van der Waals surface area contributed by atoms with Gasteiger partial charge in [0.15, 0.2) is 0 Å². The molecule has 0 fully saturated rings. The van der Waals surface area contributed by atoms with Crippen LogP contribution in [0.1, 0.15) is 45.5 Å². The number of hydrogen-bond donors (Lipinski definition) is 2. The fourth-order valence-corrected chi connectivity index (χ4v) is 1.81. The third kappa shape index (κ3) is 5.87. The zero-order chi connectivity index (χ0) is 14.5. The van der Waals surface area contributed by atoms with Crippen LogP contribution in [0.4, 0.5) is 0 Å². The van der Waals surface area contributed by atoms with Crippen LogP contribution in [-0.2, 0) is 24.8 Å². The van der Waals surface area contributed by atoms with Gasteiger partial charge >= 0.3 is 0 Å². The maximum atomic E-state index is 11.6. The van der Waals surface area contributed by atoms with Crippen LogP contribution in [0.5, 0.6) is 0 Å². The number of nitrogens with one attached hydrogen (secondary N) is 2. The third-order valence-electron chi connectivity index (χ3n) is 2.74. The van der Waals surface area contributed by atoms with E-state index in [1.165, 1.54) is 0 Å². The number of aromatic nitrogens is 2. The molecule has 108 valence electrons. The largest absolute Gasteiger partial charge is 0.351 e. The van der Waals surface area contributed by atoms with Gasteiger partial charge in [-0.2, -0.15) is 5.10 Å². The molecule has 0 aromatic carbocycles. The summed E-state index contributed by atoms with van der Waals surface area (Å²) in [6, 6.07) is 2.10. The number of amides is 1. The van der Waals surface area contributed by atoms with Crippen molar-refractivity contribution in [1.82, 2.24) is 20.4 Å². The van der Waals surface area contributed by atoms with Crippen LogP contribution >= 0.6 is 0 Å². The highest BCUT2D eigenvalue weighted by Crippen LogP contribution is 2.03. The minimum Gasteiger partial charge on any atom is -0.351 e. The lowest BCUT2D eigenvalue weighted by Crippen LogP contribution is -2.41. The minimum absolute atomic E-state index is 0.0826. The van der Waals surface area contributed by atoms with Crippen molar-refractivity contribution in [2.24, 2.45) is 7.05 Å². The summed E-state index contributed by atoms with van der Waals surface area (Å²) in [7, 11) is 1.95. The summed E-state index contributed by atoms with van der Waals surface area (Å²) in [6.45, 7) is 9.47. The SMILES string of the molecule is CCc1cc(CNCCC(=O)NC(C)(C)C)n(C)n1. The molecule has 2 N–H and O–H groups in total. The molecule has 0 aliphatic heterocycles. The molecule has 1 rings (SSSR count). The van der Waals surface area contributed by atoms with Gasteiger partial charge in [0.25, 0.3) is 0 Å². The Morgan fingerprint density at radius 3 is 2.63 bits per heavy atom. The van der Waals surface area contributed by atoms with Crippen molar-refractivity contribution in [2.45, 2.75) is 52.6 Å². The average molecular weight is 266 g/mol. The number of hydrogen-bond acceptors (Lipinski definition) is 3. The van der Waals surface area contributed by atoms with Gasteiger partial charge in [-0.3, -0.25) is 9.48 Å². The van der Waals surface area contributed by atoms with Crippen molar-refractivity contribution in [1.29, 1.82) is 0 Å². The summed E-state index contributed by atoms with van der Waals surface area (Å²) in [5, 5.41) is 10.6. The molecule has 0 saturated carbocycles. The summed E-state index contributed by atoms with van der Waals surface area (Å²) in [5.74, 6) is 0.0826. The Balaban J connectivity index is 2.27. The topological polar surface area (TPSA) is 59.0 Å². The van der Waals surface area contributed by atoms with Crippen molar-refractivity contribution in [2.75, 3.05) is 6.54 Å². The Morgan fingerprint density at radius 2 is 2.11 bits per heavy atom. The second-order valence-electron chi connectivity index (χ2n) is 5.83. The number of rotatable bonds is 6. The zero-order valence-corrected chi connectivity index (χ0v) is 12.7. The van der Waals surface area contributed by atoms with Gasteiger partial charge in [-0.05, 0) is 33.3 Å². The summed E-state index contributed by atoms with van der Waals surface area (Å²) >= 11 is 0. The molecule has 0 aliphatic rings. The first-order valence-electron chi connectivity index (χ1n) is 6.85. The molecule has 0 radical (unpaired) electrons. The Bertz CT molecular complexity index is 418.